The SMILES string of the molecule is C=CC(=O)OC1C(OOC(=C)C)C(OOC(=C)C)C(OOC(=C)C)C(OOC(=C)C)C1OC(=O)C=C.[HH].[HH]. The first-order chi connectivity index (χ1) is 16.9. The van der Waals surface area contributed by atoms with Gasteiger partial charge in [0, 0.05) is 15.0 Å². The molecular formula is C24H36O12. The fraction of sp³-hybridized carbons (Fsp3) is 0.417. The number of allylic oxidation sites excluding steroid dienone is 4. The molecule has 0 radical (unpaired) electrons. The predicted molar refractivity (Wildman–Crippen MR) is 127 cm³/mol. The molecule has 0 bridgehead atoms. The molecule has 0 heterocycles. The third-order valence-electron chi connectivity index (χ3n) is 3.99. The van der Waals surface area contributed by atoms with Crippen molar-refractivity contribution in [2.24, 2.45) is 0 Å². The zero-order chi connectivity index (χ0) is 27.4. The summed E-state index contributed by atoms with van der Waals surface area (Å²) < 4.78 is 10.9. The van der Waals surface area contributed by atoms with E-state index in [0.29, 0.717) is 0 Å². The summed E-state index contributed by atoms with van der Waals surface area (Å²) in [4.78, 5) is 66.9. The highest BCUT2D eigenvalue weighted by Gasteiger charge is 2.61. The zero-order valence-corrected chi connectivity index (χ0v) is 20.8. The van der Waals surface area contributed by atoms with E-state index in [-0.39, 0.29) is 25.9 Å². The minimum Gasteiger partial charge on any atom is -0.452 e. The fourth-order valence-corrected chi connectivity index (χ4v) is 2.74. The summed E-state index contributed by atoms with van der Waals surface area (Å²) in [7, 11) is 0. The molecule has 6 atom stereocenters. The molecule has 0 aromatic carbocycles. The Bertz CT molecular complexity index is 804. The summed E-state index contributed by atoms with van der Waals surface area (Å²) in [6, 6.07) is 0. The first-order valence-corrected chi connectivity index (χ1v) is 10.5. The molecule has 0 spiro atoms. The normalized spacial score (nSPS) is 24.9. The second-order valence-electron chi connectivity index (χ2n) is 7.60. The van der Waals surface area contributed by atoms with Crippen molar-refractivity contribution in [2.75, 3.05) is 0 Å². The third-order valence-corrected chi connectivity index (χ3v) is 3.99. The van der Waals surface area contributed by atoms with Gasteiger partial charge in [0.15, 0.2) is 36.6 Å². The van der Waals surface area contributed by atoms with Crippen molar-refractivity contribution in [1.82, 2.24) is 0 Å². The molecule has 204 valence electrons. The van der Waals surface area contributed by atoms with Crippen molar-refractivity contribution in [3.63, 3.8) is 0 Å². The highest BCUT2D eigenvalue weighted by Crippen LogP contribution is 2.35. The van der Waals surface area contributed by atoms with E-state index in [4.69, 9.17) is 48.6 Å². The minimum absolute atomic E-state index is 0. The average molecular weight is 517 g/mol. The Balaban J connectivity index is 0. The summed E-state index contributed by atoms with van der Waals surface area (Å²) >= 11 is 0. The Morgan fingerprint density at radius 1 is 0.528 bits per heavy atom. The van der Waals surface area contributed by atoms with Crippen molar-refractivity contribution in [3.05, 3.63) is 74.7 Å². The Kier molecular flexibility index (Phi) is 12.5. The first kappa shape index (κ1) is 30.5. The lowest BCUT2D eigenvalue weighted by Crippen LogP contribution is -2.68. The largest absolute Gasteiger partial charge is 0.452 e. The lowest BCUT2D eigenvalue weighted by molar-refractivity contribution is -0.459. The van der Waals surface area contributed by atoms with Crippen molar-refractivity contribution in [3.8, 4) is 0 Å². The van der Waals surface area contributed by atoms with E-state index >= 15 is 0 Å². The molecule has 36 heavy (non-hydrogen) atoms. The molecule has 12 heteroatoms. The molecule has 0 aromatic rings. The highest BCUT2D eigenvalue weighted by molar-refractivity contribution is 5.82. The number of hydrogen-bond acceptors (Lipinski definition) is 12. The molecule has 6 unspecified atom stereocenters. The average Bonchev–Trinajstić information content (AvgIpc) is 2.80. The maximum absolute atomic E-state index is 12.3. The molecule has 0 N–H and O–H groups in total. The summed E-state index contributed by atoms with van der Waals surface area (Å²) in [6.45, 7) is 27.1. The van der Waals surface area contributed by atoms with Crippen LogP contribution >= 0.6 is 0 Å². The van der Waals surface area contributed by atoms with Crippen LogP contribution in [0.2, 0.25) is 0 Å². The van der Waals surface area contributed by atoms with Crippen LogP contribution in [0.4, 0.5) is 0 Å². The van der Waals surface area contributed by atoms with Crippen LogP contribution < -0.4 is 0 Å². The number of carbonyl (C=O) groups excluding carboxylic acids is 2. The number of ether oxygens (including phenoxy) is 2. The lowest BCUT2D eigenvalue weighted by Gasteiger charge is -2.45. The molecule has 0 amide bonds. The van der Waals surface area contributed by atoms with Gasteiger partial charge in [0.05, 0.1) is 0 Å². The van der Waals surface area contributed by atoms with E-state index in [1.54, 1.807) is 0 Å². The van der Waals surface area contributed by atoms with Crippen LogP contribution in [0.15, 0.2) is 74.7 Å². The monoisotopic (exact) mass is 516 g/mol. The minimum atomic E-state index is -1.47. The van der Waals surface area contributed by atoms with Crippen molar-refractivity contribution in [1.29, 1.82) is 0 Å². The topological polar surface area (TPSA) is 126 Å². The van der Waals surface area contributed by atoms with Crippen LogP contribution in [-0.2, 0) is 58.2 Å². The Morgan fingerprint density at radius 3 is 0.944 bits per heavy atom. The maximum atomic E-state index is 12.3. The van der Waals surface area contributed by atoms with Crippen molar-refractivity contribution < 1.29 is 61.0 Å². The lowest BCUT2D eigenvalue weighted by atomic mass is 9.84. The molecule has 1 saturated carbocycles. The van der Waals surface area contributed by atoms with Gasteiger partial charge in [-0.15, -0.1) is 0 Å². The summed E-state index contributed by atoms with van der Waals surface area (Å²) in [5.41, 5.74) is 0. The number of carbonyl (C=O) groups is 2. The van der Waals surface area contributed by atoms with Gasteiger partial charge in [-0.25, -0.2) is 9.59 Å². The number of rotatable bonds is 16. The molecule has 1 aliphatic carbocycles. The second-order valence-corrected chi connectivity index (χ2v) is 7.60. The quantitative estimate of drug-likeness (QED) is 0.0964. The molecule has 12 nitrogen and oxygen atoms in total. The molecule has 0 aliphatic heterocycles. The van der Waals surface area contributed by atoms with Crippen LogP contribution in [0.3, 0.4) is 0 Å². The molecular weight excluding hydrogens is 480 g/mol. The van der Waals surface area contributed by atoms with Crippen LogP contribution in [0.25, 0.3) is 0 Å². The zero-order valence-electron chi connectivity index (χ0n) is 20.8. The van der Waals surface area contributed by atoms with Gasteiger partial charge in [0.2, 0.25) is 0 Å². The van der Waals surface area contributed by atoms with E-state index in [0.717, 1.165) is 12.2 Å². The number of hydrogen-bond donors (Lipinski definition) is 0. The molecule has 1 rings (SSSR count). The van der Waals surface area contributed by atoms with Gasteiger partial charge in [0.25, 0.3) is 0 Å². The fourth-order valence-electron chi connectivity index (χ4n) is 2.74. The molecule has 1 fully saturated rings. The van der Waals surface area contributed by atoms with Gasteiger partial charge in [-0.1, -0.05) is 39.5 Å². The van der Waals surface area contributed by atoms with Crippen LogP contribution in [-0.4, -0.2) is 48.6 Å². The van der Waals surface area contributed by atoms with Crippen LogP contribution in [0.5, 0.6) is 0 Å². The highest BCUT2D eigenvalue weighted by atomic mass is 17.3. The Labute approximate surface area is 212 Å². The summed E-state index contributed by atoms with van der Waals surface area (Å²) in [6.07, 6.45) is -6.71. The summed E-state index contributed by atoms with van der Waals surface area (Å²) in [5.74, 6) is -1.26. The maximum Gasteiger partial charge on any atom is 0.330 e. The molecule has 1 aliphatic rings. The third kappa shape index (κ3) is 9.58. The number of esters is 2. The van der Waals surface area contributed by atoms with Gasteiger partial charge in [-0.3, -0.25) is 0 Å². The summed E-state index contributed by atoms with van der Waals surface area (Å²) in [5, 5.41) is 0. The van der Waals surface area contributed by atoms with E-state index in [9.17, 15) is 9.59 Å². The van der Waals surface area contributed by atoms with E-state index in [1.165, 1.54) is 27.7 Å². The van der Waals surface area contributed by atoms with E-state index in [2.05, 4.69) is 39.5 Å². The van der Waals surface area contributed by atoms with Gasteiger partial charge in [-0.2, -0.15) is 19.6 Å². The van der Waals surface area contributed by atoms with E-state index in [1.807, 2.05) is 0 Å². The second kappa shape index (κ2) is 14.7. The molecule has 0 saturated heterocycles. The Morgan fingerprint density at radius 2 is 0.750 bits per heavy atom. The Hall–Kier alpha value is -3.58. The van der Waals surface area contributed by atoms with Crippen LogP contribution in [0.1, 0.15) is 30.5 Å². The predicted octanol–water partition coefficient (Wildman–Crippen LogP) is 4.09. The van der Waals surface area contributed by atoms with Gasteiger partial charge in [-0.05, 0) is 27.7 Å². The van der Waals surface area contributed by atoms with E-state index < -0.39 is 48.6 Å². The van der Waals surface area contributed by atoms with Crippen molar-refractivity contribution in [2.45, 2.75) is 64.3 Å². The first-order valence-electron chi connectivity index (χ1n) is 10.5. The van der Waals surface area contributed by atoms with Gasteiger partial charge < -0.3 is 29.0 Å². The van der Waals surface area contributed by atoms with Crippen LogP contribution in [0, 0.1) is 0 Å². The van der Waals surface area contributed by atoms with Gasteiger partial charge in [0.1, 0.15) is 23.0 Å². The van der Waals surface area contributed by atoms with Gasteiger partial charge >= 0.3 is 11.9 Å². The smallest absolute Gasteiger partial charge is 0.330 e. The molecule has 0 aromatic heterocycles. The standard InChI is InChI=1S/C24H32O12.2H2/c1-11-17(25)27-19-20(28-18(26)12-2)22(34-30-14(5)6)24(36-32-16(9)10)23(35-31-15(7)8)21(19)33-29-13(3)4;;/h11-12,19-24H,1-3,5,7,9H2,4,6,8,10H3;2*1H. The van der Waals surface area contributed by atoms with Crippen molar-refractivity contribution >= 4 is 11.9 Å².